The first kappa shape index (κ1) is 23.2. The predicted molar refractivity (Wildman–Crippen MR) is 116 cm³/mol. The van der Waals surface area contributed by atoms with Crippen LogP contribution in [0.4, 0.5) is 4.39 Å². The number of hydrogen-bond acceptors (Lipinski definition) is 6. The Balaban J connectivity index is 1.70. The molecule has 0 aliphatic carbocycles. The van der Waals surface area contributed by atoms with Crippen molar-refractivity contribution in [2.75, 3.05) is 26.9 Å². The van der Waals surface area contributed by atoms with Crippen LogP contribution in [0.2, 0.25) is 5.02 Å². The fraction of sp³-hybridized carbons (Fsp3) is 0.409. The van der Waals surface area contributed by atoms with Crippen molar-refractivity contribution in [2.45, 2.75) is 31.7 Å². The van der Waals surface area contributed by atoms with E-state index in [9.17, 15) is 23.9 Å². The van der Waals surface area contributed by atoms with E-state index in [0.717, 1.165) is 0 Å². The fourth-order valence-corrected chi connectivity index (χ4v) is 4.39. The molecule has 0 radical (unpaired) electrons. The van der Waals surface area contributed by atoms with E-state index >= 15 is 0 Å². The molecule has 2 aliphatic heterocycles. The van der Waals surface area contributed by atoms with Gasteiger partial charge in [0.2, 0.25) is 5.43 Å². The summed E-state index contributed by atoms with van der Waals surface area (Å²) in [6.07, 6.45) is 1.67. The lowest BCUT2D eigenvalue weighted by Crippen LogP contribution is -2.56. The van der Waals surface area contributed by atoms with Gasteiger partial charge < -0.3 is 29.4 Å². The molecule has 11 heteroatoms. The SMILES string of the molecule is COCCC1C2OCCCN2C(=O)c2c(O)c(=O)c(C(=O)NCc3cccc(Cl)c3F)cn21. The molecule has 2 unspecified atom stereocenters. The molecule has 2 atom stereocenters. The van der Waals surface area contributed by atoms with Gasteiger partial charge in [0.05, 0.1) is 17.7 Å². The van der Waals surface area contributed by atoms with Gasteiger partial charge in [-0.3, -0.25) is 14.4 Å². The number of benzene rings is 1. The number of fused-ring (bicyclic) bond motifs is 2. The molecule has 0 spiro atoms. The van der Waals surface area contributed by atoms with Gasteiger partial charge in [-0.15, -0.1) is 0 Å². The van der Waals surface area contributed by atoms with E-state index in [1.165, 1.54) is 41.0 Å². The Kier molecular flexibility index (Phi) is 6.68. The number of hydrogen-bond donors (Lipinski definition) is 2. The second-order valence-electron chi connectivity index (χ2n) is 7.83. The summed E-state index contributed by atoms with van der Waals surface area (Å²) in [5.74, 6) is -2.86. The van der Waals surface area contributed by atoms with Crippen LogP contribution in [0.25, 0.3) is 0 Å². The van der Waals surface area contributed by atoms with Crippen molar-refractivity contribution in [2.24, 2.45) is 0 Å². The highest BCUT2D eigenvalue weighted by atomic mass is 35.5. The van der Waals surface area contributed by atoms with E-state index in [1.54, 1.807) is 0 Å². The number of carbonyl (C=O) groups excluding carboxylic acids is 2. The number of ether oxygens (including phenoxy) is 2. The molecule has 0 bridgehead atoms. The minimum atomic E-state index is -0.986. The van der Waals surface area contributed by atoms with Gasteiger partial charge in [-0.2, -0.15) is 0 Å². The molecule has 1 fully saturated rings. The van der Waals surface area contributed by atoms with Gasteiger partial charge in [-0.25, -0.2) is 4.39 Å². The van der Waals surface area contributed by atoms with E-state index in [2.05, 4.69) is 5.32 Å². The fourth-order valence-electron chi connectivity index (χ4n) is 4.20. The minimum Gasteiger partial charge on any atom is -0.503 e. The molecule has 33 heavy (non-hydrogen) atoms. The molecule has 1 aromatic carbocycles. The van der Waals surface area contributed by atoms with Gasteiger partial charge in [-0.1, -0.05) is 23.7 Å². The molecule has 2 amide bonds. The highest BCUT2D eigenvalue weighted by Gasteiger charge is 2.43. The molecule has 1 aromatic heterocycles. The highest BCUT2D eigenvalue weighted by Crippen LogP contribution is 2.35. The van der Waals surface area contributed by atoms with Crippen LogP contribution in [0.3, 0.4) is 0 Å². The summed E-state index contributed by atoms with van der Waals surface area (Å²) in [5.41, 5.74) is -1.42. The van der Waals surface area contributed by atoms with Gasteiger partial charge in [0.25, 0.3) is 11.8 Å². The topological polar surface area (TPSA) is 110 Å². The van der Waals surface area contributed by atoms with Crippen molar-refractivity contribution in [3.05, 3.63) is 62.3 Å². The third-order valence-electron chi connectivity index (χ3n) is 5.83. The molecule has 0 saturated carbocycles. The number of nitrogens with zero attached hydrogens (tertiary/aromatic N) is 2. The Hall–Kier alpha value is -2.95. The Labute approximate surface area is 193 Å². The van der Waals surface area contributed by atoms with Crippen molar-refractivity contribution >= 4 is 23.4 Å². The maximum Gasteiger partial charge on any atom is 0.276 e. The number of aromatic hydroxyl groups is 1. The van der Waals surface area contributed by atoms with Crippen molar-refractivity contribution in [1.29, 1.82) is 0 Å². The zero-order chi connectivity index (χ0) is 23.7. The summed E-state index contributed by atoms with van der Waals surface area (Å²) in [4.78, 5) is 40.1. The van der Waals surface area contributed by atoms with Crippen LogP contribution < -0.4 is 10.7 Å². The highest BCUT2D eigenvalue weighted by molar-refractivity contribution is 6.30. The summed E-state index contributed by atoms with van der Waals surface area (Å²) in [7, 11) is 1.53. The number of aromatic nitrogens is 1. The summed E-state index contributed by atoms with van der Waals surface area (Å²) < 4.78 is 26.6. The molecular weight excluding hydrogens is 457 g/mol. The Morgan fingerprint density at radius 2 is 2.18 bits per heavy atom. The first-order chi connectivity index (χ1) is 15.8. The van der Waals surface area contributed by atoms with Gasteiger partial charge in [0.1, 0.15) is 11.4 Å². The third-order valence-corrected chi connectivity index (χ3v) is 6.12. The van der Waals surface area contributed by atoms with E-state index in [4.69, 9.17) is 21.1 Å². The molecule has 4 rings (SSSR count). The van der Waals surface area contributed by atoms with Gasteiger partial charge in [-0.05, 0) is 18.9 Å². The number of amides is 2. The Morgan fingerprint density at radius 3 is 2.94 bits per heavy atom. The number of nitrogens with one attached hydrogen (secondary N) is 1. The molecular formula is C22H23ClFN3O6. The lowest BCUT2D eigenvalue weighted by atomic mass is 10.0. The quantitative estimate of drug-likeness (QED) is 0.656. The van der Waals surface area contributed by atoms with Crippen LogP contribution in [0.1, 0.15) is 45.3 Å². The van der Waals surface area contributed by atoms with Crippen molar-refractivity contribution in [3.63, 3.8) is 0 Å². The number of methoxy groups -OCH3 is 1. The van der Waals surface area contributed by atoms with Crippen LogP contribution in [0.15, 0.2) is 29.2 Å². The standard InChI is InChI=1S/C22H23ClFN3O6/c1-32-9-6-15-22-26(7-3-8-33-22)21(31)17-19(29)18(28)13(11-27(15)17)20(30)25-10-12-4-2-5-14(23)16(12)24/h2,4-5,11,15,22,29H,3,6-10H2,1H3,(H,25,30). The van der Waals surface area contributed by atoms with Crippen LogP contribution in [-0.4, -0.2) is 59.5 Å². The number of halogens is 2. The van der Waals surface area contributed by atoms with Gasteiger partial charge >= 0.3 is 0 Å². The number of rotatable bonds is 6. The van der Waals surface area contributed by atoms with Crippen molar-refractivity contribution < 1.29 is 28.6 Å². The average Bonchev–Trinajstić information content (AvgIpc) is 2.81. The first-order valence-corrected chi connectivity index (χ1v) is 10.8. The monoisotopic (exact) mass is 479 g/mol. The van der Waals surface area contributed by atoms with Gasteiger partial charge in [0.15, 0.2) is 17.7 Å². The third kappa shape index (κ3) is 4.21. The normalized spacial score (nSPS) is 19.7. The predicted octanol–water partition coefficient (Wildman–Crippen LogP) is 2.06. The largest absolute Gasteiger partial charge is 0.503 e. The average molecular weight is 480 g/mol. The Bertz CT molecular complexity index is 1150. The van der Waals surface area contributed by atoms with Crippen LogP contribution >= 0.6 is 11.6 Å². The van der Waals surface area contributed by atoms with E-state index in [-0.39, 0.29) is 28.4 Å². The van der Waals surface area contributed by atoms with Crippen molar-refractivity contribution in [1.82, 2.24) is 14.8 Å². The van der Waals surface area contributed by atoms with E-state index in [0.29, 0.717) is 32.6 Å². The van der Waals surface area contributed by atoms with E-state index in [1.807, 2.05) is 0 Å². The second kappa shape index (κ2) is 9.50. The number of pyridine rings is 1. The maximum absolute atomic E-state index is 14.1. The molecule has 2 aromatic rings. The zero-order valence-electron chi connectivity index (χ0n) is 17.8. The summed E-state index contributed by atoms with van der Waals surface area (Å²) >= 11 is 5.77. The summed E-state index contributed by atoms with van der Waals surface area (Å²) in [6, 6.07) is 3.88. The lowest BCUT2D eigenvalue weighted by Gasteiger charge is -2.45. The maximum atomic E-state index is 14.1. The molecule has 176 valence electrons. The van der Waals surface area contributed by atoms with Crippen molar-refractivity contribution in [3.8, 4) is 5.75 Å². The summed E-state index contributed by atoms with van der Waals surface area (Å²) in [5, 5.41) is 13.0. The number of carbonyl (C=O) groups is 2. The molecule has 2 N–H and O–H groups in total. The van der Waals surface area contributed by atoms with Crippen LogP contribution in [0.5, 0.6) is 5.75 Å². The molecule has 3 heterocycles. The molecule has 9 nitrogen and oxygen atoms in total. The summed E-state index contributed by atoms with van der Waals surface area (Å²) in [6.45, 7) is 0.985. The minimum absolute atomic E-state index is 0.0928. The molecule has 1 saturated heterocycles. The lowest BCUT2D eigenvalue weighted by molar-refractivity contribution is -0.115. The zero-order valence-corrected chi connectivity index (χ0v) is 18.6. The van der Waals surface area contributed by atoms with Gasteiger partial charge in [0, 0.05) is 38.6 Å². The second-order valence-corrected chi connectivity index (χ2v) is 8.24. The smallest absolute Gasteiger partial charge is 0.276 e. The van der Waals surface area contributed by atoms with Crippen LogP contribution in [-0.2, 0) is 16.0 Å². The first-order valence-electron chi connectivity index (χ1n) is 10.5. The van der Waals surface area contributed by atoms with Crippen LogP contribution in [0, 0.1) is 5.82 Å². The van der Waals surface area contributed by atoms with E-state index < -0.39 is 41.1 Å². The molecule has 2 aliphatic rings. The Morgan fingerprint density at radius 1 is 1.39 bits per heavy atom.